The molecule has 18 heavy (non-hydrogen) atoms. The molecule has 1 aromatic carbocycles. The molecule has 0 fully saturated rings. The van der Waals surface area contributed by atoms with Crippen molar-refractivity contribution >= 4 is 22.5 Å². The normalized spacial score (nSPS) is 12.3. The molecule has 0 amide bonds. The van der Waals surface area contributed by atoms with Crippen LogP contribution in [0.2, 0.25) is 5.02 Å². The van der Waals surface area contributed by atoms with Gasteiger partial charge < -0.3 is 5.32 Å². The fourth-order valence-corrected chi connectivity index (χ4v) is 2.02. The van der Waals surface area contributed by atoms with Crippen LogP contribution in [0.4, 0.5) is 0 Å². The van der Waals surface area contributed by atoms with Crippen molar-refractivity contribution in [3.8, 4) is 6.07 Å². The van der Waals surface area contributed by atoms with E-state index in [1.165, 1.54) is 0 Å². The van der Waals surface area contributed by atoms with Crippen LogP contribution in [0.1, 0.15) is 12.5 Å². The number of nitrogens with one attached hydrogen (secondary N) is 1. The van der Waals surface area contributed by atoms with Crippen LogP contribution in [0, 0.1) is 17.2 Å². The van der Waals surface area contributed by atoms with Gasteiger partial charge in [0.15, 0.2) is 0 Å². The molecule has 1 unspecified atom stereocenters. The summed E-state index contributed by atoms with van der Waals surface area (Å²) in [5, 5.41) is 13.7. The molecule has 3 nitrogen and oxygen atoms in total. The van der Waals surface area contributed by atoms with E-state index >= 15 is 0 Å². The monoisotopic (exact) mass is 259 g/mol. The van der Waals surface area contributed by atoms with Crippen LogP contribution in [-0.4, -0.2) is 11.5 Å². The molecular formula is C14H14ClN3. The molecule has 1 atom stereocenters. The summed E-state index contributed by atoms with van der Waals surface area (Å²) >= 11 is 6.13. The van der Waals surface area contributed by atoms with Gasteiger partial charge in [0.25, 0.3) is 0 Å². The molecule has 1 heterocycles. The van der Waals surface area contributed by atoms with Crippen LogP contribution in [0.3, 0.4) is 0 Å². The van der Waals surface area contributed by atoms with E-state index in [0.717, 1.165) is 16.5 Å². The van der Waals surface area contributed by atoms with Crippen LogP contribution in [0.15, 0.2) is 30.5 Å². The van der Waals surface area contributed by atoms with Crippen molar-refractivity contribution in [2.45, 2.75) is 13.5 Å². The van der Waals surface area contributed by atoms with Crippen molar-refractivity contribution in [2.24, 2.45) is 5.92 Å². The summed E-state index contributed by atoms with van der Waals surface area (Å²) in [6, 6.07) is 9.90. The molecule has 2 aromatic rings. The average molecular weight is 260 g/mol. The van der Waals surface area contributed by atoms with Crippen molar-refractivity contribution in [3.63, 3.8) is 0 Å². The second-order valence-corrected chi connectivity index (χ2v) is 4.67. The Balaban J connectivity index is 2.19. The lowest BCUT2D eigenvalue weighted by atomic mass is 10.1. The van der Waals surface area contributed by atoms with E-state index in [1.807, 2.05) is 31.2 Å². The zero-order valence-corrected chi connectivity index (χ0v) is 10.9. The zero-order chi connectivity index (χ0) is 13.0. The maximum absolute atomic E-state index is 8.72. The molecular weight excluding hydrogens is 246 g/mol. The van der Waals surface area contributed by atoms with Crippen LogP contribution in [0.25, 0.3) is 10.9 Å². The lowest BCUT2D eigenvalue weighted by molar-refractivity contribution is 0.603. The van der Waals surface area contributed by atoms with Crippen LogP contribution in [-0.2, 0) is 6.54 Å². The van der Waals surface area contributed by atoms with E-state index in [2.05, 4.69) is 16.4 Å². The van der Waals surface area contributed by atoms with E-state index in [4.69, 9.17) is 16.9 Å². The molecule has 4 heteroatoms. The Morgan fingerprint density at radius 2 is 2.28 bits per heavy atom. The highest BCUT2D eigenvalue weighted by atomic mass is 35.5. The topological polar surface area (TPSA) is 48.7 Å². The van der Waals surface area contributed by atoms with Crippen LogP contribution < -0.4 is 5.32 Å². The summed E-state index contributed by atoms with van der Waals surface area (Å²) in [7, 11) is 0. The first-order valence-corrected chi connectivity index (χ1v) is 6.22. The Morgan fingerprint density at radius 1 is 1.44 bits per heavy atom. The number of nitrogens with zero attached hydrogens (tertiary/aromatic N) is 2. The Kier molecular flexibility index (Phi) is 4.14. The van der Waals surface area contributed by atoms with Gasteiger partial charge in [-0.15, -0.1) is 0 Å². The van der Waals surface area contributed by atoms with E-state index in [9.17, 15) is 0 Å². The lowest BCUT2D eigenvalue weighted by Gasteiger charge is -2.09. The van der Waals surface area contributed by atoms with Gasteiger partial charge in [0, 0.05) is 29.7 Å². The summed E-state index contributed by atoms with van der Waals surface area (Å²) in [6.07, 6.45) is 1.76. The first-order chi connectivity index (χ1) is 8.72. The molecule has 1 N–H and O–H groups in total. The third kappa shape index (κ3) is 2.79. The van der Waals surface area contributed by atoms with Gasteiger partial charge in [-0.3, -0.25) is 4.98 Å². The number of hydrogen-bond donors (Lipinski definition) is 1. The molecule has 0 radical (unpaired) electrons. The fraction of sp³-hybridized carbons (Fsp3) is 0.286. The highest BCUT2D eigenvalue weighted by Crippen LogP contribution is 2.24. The molecule has 0 aliphatic rings. The van der Waals surface area contributed by atoms with Crippen molar-refractivity contribution in [3.05, 3.63) is 41.0 Å². The Bertz CT molecular complexity index is 589. The minimum absolute atomic E-state index is 0.0107. The van der Waals surface area contributed by atoms with E-state index in [1.54, 1.807) is 6.20 Å². The van der Waals surface area contributed by atoms with E-state index in [0.29, 0.717) is 18.1 Å². The number of nitriles is 1. The third-order valence-electron chi connectivity index (χ3n) is 2.79. The number of aromatic nitrogens is 1. The van der Waals surface area contributed by atoms with Crippen LogP contribution >= 0.6 is 11.6 Å². The molecule has 2 rings (SSSR count). The first kappa shape index (κ1) is 12.8. The van der Waals surface area contributed by atoms with Crippen molar-refractivity contribution in [1.29, 1.82) is 5.26 Å². The summed E-state index contributed by atoms with van der Waals surface area (Å²) in [4.78, 5) is 4.37. The van der Waals surface area contributed by atoms with Gasteiger partial charge in [0.05, 0.1) is 17.5 Å². The number of fused-ring (bicyclic) bond motifs is 1. The number of halogens is 1. The Labute approximate surface area is 111 Å². The maximum atomic E-state index is 8.72. The Hall–Kier alpha value is -1.63. The third-order valence-corrected chi connectivity index (χ3v) is 3.12. The number of hydrogen-bond acceptors (Lipinski definition) is 3. The average Bonchev–Trinajstić information content (AvgIpc) is 2.41. The van der Waals surface area contributed by atoms with E-state index in [-0.39, 0.29) is 5.92 Å². The SMILES string of the molecule is CC(C#N)CNCc1ccc(Cl)c2cccnc12. The first-order valence-electron chi connectivity index (χ1n) is 5.85. The van der Waals surface area contributed by atoms with Gasteiger partial charge in [-0.2, -0.15) is 5.26 Å². The molecule has 0 saturated carbocycles. The zero-order valence-electron chi connectivity index (χ0n) is 10.2. The molecule has 92 valence electrons. The maximum Gasteiger partial charge on any atom is 0.0761 e. The molecule has 0 aliphatic carbocycles. The smallest absolute Gasteiger partial charge is 0.0761 e. The molecule has 0 spiro atoms. The van der Waals surface area contributed by atoms with Gasteiger partial charge >= 0.3 is 0 Å². The molecule has 1 aromatic heterocycles. The summed E-state index contributed by atoms with van der Waals surface area (Å²) < 4.78 is 0. The minimum Gasteiger partial charge on any atom is -0.311 e. The number of rotatable bonds is 4. The predicted octanol–water partition coefficient (Wildman–Crippen LogP) is 3.14. The summed E-state index contributed by atoms with van der Waals surface area (Å²) in [5.41, 5.74) is 2.02. The largest absolute Gasteiger partial charge is 0.311 e. The standard InChI is InChI=1S/C14H14ClN3/c1-10(7-16)8-17-9-11-4-5-13(15)12-3-2-6-18-14(11)12/h2-6,10,17H,8-9H2,1H3. The molecule has 0 saturated heterocycles. The summed E-state index contributed by atoms with van der Waals surface area (Å²) in [5.74, 6) is 0.0107. The second-order valence-electron chi connectivity index (χ2n) is 4.27. The van der Waals surface area contributed by atoms with Gasteiger partial charge in [0.1, 0.15) is 0 Å². The number of pyridine rings is 1. The molecule has 0 bridgehead atoms. The van der Waals surface area contributed by atoms with Crippen molar-refractivity contribution < 1.29 is 0 Å². The number of benzene rings is 1. The van der Waals surface area contributed by atoms with Gasteiger partial charge in [0.2, 0.25) is 0 Å². The highest BCUT2D eigenvalue weighted by Gasteiger charge is 2.06. The molecule has 0 aliphatic heterocycles. The lowest BCUT2D eigenvalue weighted by Crippen LogP contribution is -2.20. The predicted molar refractivity (Wildman–Crippen MR) is 73.2 cm³/mol. The second kappa shape index (κ2) is 5.81. The minimum atomic E-state index is 0.0107. The van der Waals surface area contributed by atoms with Crippen molar-refractivity contribution in [1.82, 2.24) is 10.3 Å². The van der Waals surface area contributed by atoms with Gasteiger partial charge in [-0.25, -0.2) is 0 Å². The highest BCUT2D eigenvalue weighted by molar-refractivity contribution is 6.35. The van der Waals surface area contributed by atoms with Crippen LogP contribution in [0.5, 0.6) is 0 Å². The Morgan fingerprint density at radius 3 is 3.06 bits per heavy atom. The van der Waals surface area contributed by atoms with E-state index < -0.39 is 0 Å². The fourth-order valence-electron chi connectivity index (χ4n) is 1.81. The van der Waals surface area contributed by atoms with Gasteiger partial charge in [-0.1, -0.05) is 17.7 Å². The van der Waals surface area contributed by atoms with Gasteiger partial charge in [-0.05, 0) is 30.7 Å². The van der Waals surface area contributed by atoms with Crippen molar-refractivity contribution in [2.75, 3.05) is 6.54 Å². The quantitative estimate of drug-likeness (QED) is 0.918. The summed E-state index contributed by atoms with van der Waals surface area (Å²) in [6.45, 7) is 3.26.